The lowest BCUT2D eigenvalue weighted by Gasteiger charge is -2.11. The van der Waals surface area contributed by atoms with Crippen molar-refractivity contribution in [2.75, 3.05) is 0 Å². The number of rotatable bonds is 3. The molecule has 1 N–H and O–H groups in total. The van der Waals surface area contributed by atoms with Crippen LogP contribution < -0.4 is 5.32 Å². The molecule has 1 heterocycles. The molecule has 0 aliphatic carbocycles. The molecule has 78 valence electrons. The Hall–Kier alpha value is -1.34. The van der Waals surface area contributed by atoms with Crippen LogP contribution in [0.5, 0.6) is 0 Å². The van der Waals surface area contributed by atoms with Gasteiger partial charge < -0.3 is 5.32 Å². The molecule has 0 saturated carbocycles. The number of aromatic nitrogens is 1. The van der Waals surface area contributed by atoms with E-state index in [4.69, 9.17) is 6.42 Å². The molecule has 0 fully saturated rings. The average molecular weight is 267 g/mol. The summed E-state index contributed by atoms with van der Waals surface area (Å²) in [4.78, 5) is 15.7. The third-order valence-electron chi connectivity index (χ3n) is 1.81. The van der Waals surface area contributed by atoms with E-state index >= 15 is 0 Å². The largest absolute Gasteiger partial charge is 0.349 e. The minimum atomic E-state index is -0.169. The number of carbonyl (C=O) groups is 1. The van der Waals surface area contributed by atoms with Gasteiger partial charge >= 0.3 is 0 Å². The summed E-state index contributed by atoms with van der Waals surface area (Å²) in [5.74, 6) is 2.33. The van der Waals surface area contributed by atoms with Crippen LogP contribution in [0.2, 0.25) is 0 Å². The van der Waals surface area contributed by atoms with Crippen molar-refractivity contribution in [2.24, 2.45) is 0 Å². The zero-order chi connectivity index (χ0) is 11.3. The van der Waals surface area contributed by atoms with Crippen molar-refractivity contribution in [3.05, 3.63) is 28.5 Å². The third kappa shape index (κ3) is 3.37. The second kappa shape index (κ2) is 5.52. The SMILES string of the molecule is C#CCC(C)NC(=O)c1cccnc1Br. The molecule has 1 unspecified atom stereocenters. The third-order valence-corrected chi connectivity index (χ3v) is 2.44. The van der Waals surface area contributed by atoms with Gasteiger partial charge in [0.15, 0.2) is 0 Å². The first kappa shape index (κ1) is 11.7. The summed E-state index contributed by atoms with van der Waals surface area (Å²) in [6.07, 6.45) is 7.29. The Morgan fingerprint density at radius 1 is 1.80 bits per heavy atom. The van der Waals surface area contributed by atoms with Crippen molar-refractivity contribution in [1.29, 1.82) is 0 Å². The van der Waals surface area contributed by atoms with E-state index in [2.05, 4.69) is 32.2 Å². The fraction of sp³-hybridized carbons (Fsp3) is 0.273. The Bertz CT molecular complexity index is 398. The Labute approximate surface area is 97.4 Å². The number of halogens is 1. The van der Waals surface area contributed by atoms with E-state index in [9.17, 15) is 4.79 Å². The summed E-state index contributed by atoms with van der Waals surface area (Å²) in [6.45, 7) is 1.86. The van der Waals surface area contributed by atoms with Gasteiger partial charge in [0.2, 0.25) is 0 Å². The van der Waals surface area contributed by atoms with E-state index in [-0.39, 0.29) is 11.9 Å². The van der Waals surface area contributed by atoms with Gasteiger partial charge in [-0.1, -0.05) is 0 Å². The summed E-state index contributed by atoms with van der Waals surface area (Å²) >= 11 is 3.21. The quantitative estimate of drug-likeness (QED) is 0.672. The predicted molar refractivity (Wildman–Crippen MR) is 62.3 cm³/mol. The lowest BCUT2D eigenvalue weighted by atomic mass is 10.2. The molecule has 0 aliphatic rings. The molecule has 1 atom stereocenters. The summed E-state index contributed by atoms with van der Waals surface area (Å²) in [5.41, 5.74) is 0.515. The van der Waals surface area contributed by atoms with Crippen LogP contribution in [0.1, 0.15) is 23.7 Å². The molecule has 0 radical (unpaired) electrons. The first-order valence-corrected chi connectivity index (χ1v) is 5.29. The smallest absolute Gasteiger partial charge is 0.254 e. The molecular formula is C11H11BrN2O. The molecule has 1 amide bonds. The molecule has 1 rings (SSSR count). The number of amides is 1. The second-order valence-electron chi connectivity index (χ2n) is 3.12. The molecule has 0 spiro atoms. The summed E-state index contributed by atoms with van der Waals surface area (Å²) in [7, 11) is 0. The standard InChI is InChI=1S/C11H11BrN2O/c1-3-5-8(2)14-11(15)9-6-4-7-13-10(9)12/h1,4,6-8H,5H2,2H3,(H,14,15). The van der Waals surface area contributed by atoms with E-state index in [1.165, 1.54) is 0 Å². The van der Waals surface area contributed by atoms with Crippen molar-refractivity contribution in [3.8, 4) is 12.3 Å². The maximum atomic E-state index is 11.7. The molecule has 4 heteroatoms. The molecular weight excluding hydrogens is 256 g/mol. The summed E-state index contributed by atoms with van der Waals surface area (Å²) in [6, 6.07) is 3.38. The Morgan fingerprint density at radius 2 is 2.53 bits per heavy atom. The lowest BCUT2D eigenvalue weighted by Crippen LogP contribution is -2.32. The molecule has 15 heavy (non-hydrogen) atoms. The minimum absolute atomic E-state index is 0.0328. The van der Waals surface area contributed by atoms with Gasteiger partial charge in [-0.2, -0.15) is 0 Å². The maximum Gasteiger partial charge on any atom is 0.254 e. The lowest BCUT2D eigenvalue weighted by molar-refractivity contribution is 0.0939. The topological polar surface area (TPSA) is 42.0 Å². The highest BCUT2D eigenvalue weighted by Gasteiger charge is 2.12. The first-order valence-electron chi connectivity index (χ1n) is 4.50. The van der Waals surface area contributed by atoms with Crippen molar-refractivity contribution < 1.29 is 4.79 Å². The number of terminal acetylenes is 1. The van der Waals surface area contributed by atoms with Crippen molar-refractivity contribution in [1.82, 2.24) is 10.3 Å². The van der Waals surface area contributed by atoms with Crippen LogP contribution in [0.4, 0.5) is 0 Å². The second-order valence-corrected chi connectivity index (χ2v) is 3.88. The van der Waals surface area contributed by atoms with Crippen LogP contribution in [-0.4, -0.2) is 16.9 Å². The zero-order valence-electron chi connectivity index (χ0n) is 8.33. The number of nitrogens with one attached hydrogen (secondary N) is 1. The van der Waals surface area contributed by atoms with Crippen LogP contribution in [0.25, 0.3) is 0 Å². The normalized spacial score (nSPS) is 11.5. The van der Waals surface area contributed by atoms with E-state index < -0.39 is 0 Å². The molecule has 1 aromatic heterocycles. The van der Waals surface area contributed by atoms with E-state index in [1.54, 1.807) is 18.3 Å². The monoisotopic (exact) mass is 266 g/mol. The van der Waals surface area contributed by atoms with Gasteiger partial charge in [-0.15, -0.1) is 12.3 Å². The van der Waals surface area contributed by atoms with E-state index in [0.29, 0.717) is 16.6 Å². The number of pyridine rings is 1. The van der Waals surface area contributed by atoms with Gasteiger partial charge in [-0.05, 0) is 35.0 Å². The fourth-order valence-electron chi connectivity index (χ4n) is 1.08. The zero-order valence-corrected chi connectivity index (χ0v) is 9.91. The molecule has 1 aromatic rings. The molecule has 3 nitrogen and oxygen atoms in total. The van der Waals surface area contributed by atoms with Gasteiger partial charge in [0.25, 0.3) is 5.91 Å². The van der Waals surface area contributed by atoms with Crippen LogP contribution in [0, 0.1) is 12.3 Å². The highest BCUT2D eigenvalue weighted by molar-refractivity contribution is 9.10. The maximum absolute atomic E-state index is 11.7. The van der Waals surface area contributed by atoms with Crippen molar-refractivity contribution in [3.63, 3.8) is 0 Å². The number of carbonyl (C=O) groups excluding carboxylic acids is 1. The molecule has 0 aromatic carbocycles. The van der Waals surface area contributed by atoms with Gasteiger partial charge in [-0.3, -0.25) is 4.79 Å². The first-order chi connectivity index (χ1) is 7.15. The van der Waals surface area contributed by atoms with Gasteiger partial charge in [0.1, 0.15) is 4.60 Å². The van der Waals surface area contributed by atoms with Gasteiger partial charge in [0.05, 0.1) is 5.56 Å². The highest BCUT2D eigenvalue weighted by atomic mass is 79.9. The molecule has 0 saturated heterocycles. The minimum Gasteiger partial charge on any atom is -0.349 e. The summed E-state index contributed by atoms with van der Waals surface area (Å²) < 4.78 is 0.537. The summed E-state index contributed by atoms with van der Waals surface area (Å²) in [5, 5.41) is 2.79. The van der Waals surface area contributed by atoms with Gasteiger partial charge in [-0.25, -0.2) is 4.98 Å². The van der Waals surface area contributed by atoms with Crippen LogP contribution in [0.15, 0.2) is 22.9 Å². The predicted octanol–water partition coefficient (Wildman–Crippen LogP) is 1.99. The van der Waals surface area contributed by atoms with Crippen LogP contribution in [0.3, 0.4) is 0 Å². The number of hydrogen-bond donors (Lipinski definition) is 1. The van der Waals surface area contributed by atoms with E-state index in [1.807, 2.05) is 6.92 Å². The van der Waals surface area contributed by atoms with Crippen LogP contribution in [-0.2, 0) is 0 Å². The van der Waals surface area contributed by atoms with Crippen molar-refractivity contribution >= 4 is 21.8 Å². The Morgan fingerprint density at radius 3 is 3.13 bits per heavy atom. The molecule has 0 bridgehead atoms. The number of nitrogens with zero attached hydrogens (tertiary/aromatic N) is 1. The average Bonchev–Trinajstić information content (AvgIpc) is 2.18. The van der Waals surface area contributed by atoms with Gasteiger partial charge in [0, 0.05) is 18.7 Å². The van der Waals surface area contributed by atoms with Crippen molar-refractivity contribution in [2.45, 2.75) is 19.4 Å². The highest BCUT2D eigenvalue weighted by Crippen LogP contribution is 2.12. The number of hydrogen-bond acceptors (Lipinski definition) is 2. The molecule has 0 aliphatic heterocycles. The Balaban J connectivity index is 2.70. The van der Waals surface area contributed by atoms with E-state index in [0.717, 1.165) is 0 Å². The van der Waals surface area contributed by atoms with Crippen LogP contribution >= 0.6 is 15.9 Å². The fourth-order valence-corrected chi connectivity index (χ4v) is 1.52. The Kier molecular flexibility index (Phi) is 4.32.